The number of hydrogen-bond acceptors (Lipinski definition) is 4. The van der Waals surface area contributed by atoms with Gasteiger partial charge in [-0.1, -0.05) is 27.7 Å². The first kappa shape index (κ1) is 19.1. The van der Waals surface area contributed by atoms with Crippen molar-refractivity contribution >= 4 is 12.3 Å². The number of nitrogens with one attached hydrogen (secondary N) is 1. The predicted octanol–water partition coefficient (Wildman–Crippen LogP) is 2.19. The Morgan fingerprint density at radius 1 is 1.32 bits per heavy atom. The van der Waals surface area contributed by atoms with Gasteiger partial charge in [0.15, 0.2) is 0 Å². The molecule has 0 saturated heterocycles. The fourth-order valence-electron chi connectivity index (χ4n) is 3.97. The summed E-state index contributed by atoms with van der Waals surface area (Å²) in [7, 11) is 0. The van der Waals surface area contributed by atoms with E-state index in [0.717, 1.165) is 12.8 Å². The highest BCUT2D eigenvalue weighted by Gasteiger charge is 2.46. The van der Waals surface area contributed by atoms with Crippen molar-refractivity contribution in [1.82, 2.24) is 5.32 Å². The summed E-state index contributed by atoms with van der Waals surface area (Å²) in [5.41, 5.74) is 6.84. The minimum absolute atomic E-state index is 0.0524. The molecule has 0 radical (unpaired) electrons. The number of carboxylic acids is 1. The highest BCUT2D eigenvalue weighted by Crippen LogP contribution is 2.55. The van der Waals surface area contributed by atoms with Crippen LogP contribution in [0.3, 0.4) is 0 Å². The van der Waals surface area contributed by atoms with Crippen LogP contribution in [0.25, 0.3) is 0 Å². The zero-order valence-electron chi connectivity index (χ0n) is 14.4. The summed E-state index contributed by atoms with van der Waals surface area (Å²) in [4.78, 5) is 21.4. The van der Waals surface area contributed by atoms with E-state index in [0.29, 0.717) is 29.6 Å². The molecule has 1 rings (SSSR count). The zero-order valence-corrected chi connectivity index (χ0v) is 14.4. The van der Waals surface area contributed by atoms with Crippen molar-refractivity contribution in [1.29, 1.82) is 0 Å². The molecule has 0 bridgehead atoms. The first-order chi connectivity index (χ1) is 10.1. The molecule has 22 heavy (non-hydrogen) atoms. The molecule has 0 heterocycles. The van der Waals surface area contributed by atoms with Crippen LogP contribution in [0.15, 0.2) is 0 Å². The molecule has 0 aromatic heterocycles. The molecule has 1 aliphatic rings. The van der Waals surface area contributed by atoms with Gasteiger partial charge in [0.2, 0.25) is 0 Å². The van der Waals surface area contributed by atoms with Crippen LogP contribution in [0.4, 0.5) is 0 Å². The van der Waals surface area contributed by atoms with Gasteiger partial charge < -0.3 is 21.0 Å². The normalized spacial score (nSPS) is 23.1. The Morgan fingerprint density at radius 2 is 1.86 bits per heavy atom. The summed E-state index contributed by atoms with van der Waals surface area (Å²) >= 11 is 0. The molecule has 5 heteroatoms. The van der Waals surface area contributed by atoms with Crippen molar-refractivity contribution in [2.45, 2.75) is 71.9 Å². The molecule has 5 nitrogen and oxygen atoms in total. The predicted molar refractivity (Wildman–Crippen MR) is 87.6 cm³/mol. The van der Waals surface area contributed by atoms with Crippen molar-refractivity contribution < 1.29 is 14.7 Å². The van der Waals surface area contributed by atoms with Gasteiger partial charge in [0, 0.05) is 12.6 Å². The van der Waals surface area contributed by atoms with Crippen molar-refractivity contribution in [2.75, 3.05) is 6.54 Å². The summed E-state index contributed by atoms with van der Waals surface area (Å²) in [5.74, 6) is -0.334. The number of carbonyl (C=O) groups is 2. The molecule has 0 aliphatic heterocycles. The summed E-state index contributed by atoms with van der Waals surface area (Å²) < 4.78 is 0. The van der Waals surface area contributed by atoms with Gasteiger partial charge in [-0.05, 0) is 42.4 Å². The van der Waals surface area contributed by atoms with E-state index in [1.165, 1.54) is 12.8 Å². The lowest BCUT2D eigenvalue weighted by Gasteiger charge is -2.36. The van der Waals surface area contributed by atoms with E-state index in [1.807, 2.05) is 0 Å². The monoisotopic (exact) mass is 312 g/mol. The maximum absolute atomic E-state index is 10.8. The van der Waals surface area contributed by atoms with Gasteiger partial charge in [-0.15, -0.1) is 0 Å². The Kier molecular flexibility index (Phi) is 6.56. The van der Waals surface area contributed by atoms with E-state index in [4.69, 9.17) is 10.8 Å². The number of aliphatic carboxylic acids is 1. The molecule has 1 unspecified atom stereocenters. The third kappa shape index (κ3) is 5.36. The highest BCUT2D eigenvalue weighted by atomic mass is 16.4. The number of rotatable bonds is 9. The minimum Gasteiger partial charge on any atom is -0.481 e. The summed E-state index contributed by atoms with van der Waals surface area (Å²) in [5, 5.41) is 11.7. The van der Waals surface area contributed by atoms with Gasteiger partial charge in [-0.25, -0.2) is 0 Å². The molecule has 0 amide bonds. The van der Waals surface area contributed by atoms with Crippen LogP contribution in [0, 0.1) is 16.7 Å². The number of nitrogens with two attached hydrogens (primary N) is 1. The molecule has 1 saturated carbocycles. The zero-order chi connectivity index (χ0) is 17.0. The topological polar surface area (TPSA) is 92.4 Å². The Bertz CT molecular complexity index is 377. The smallest absolute Gasteiger partial charge is 0.305 e. The first-order valence-corrected chi connectivity index (χ1v) is 8.24. The maximum Gasteiger partial charge on any atom is 0.305 e. The van der Waals surface area contributed by atoms with Gasteiger partial charge >= 0.3 is 5.97 Å². The fourth-order valence-corrected chi connectivity index (χ4v) is 3.97. The van der Waals surface area contributed by atoms with Gasteiger partial charge in [-0.3, -0.25) is 4.79 Å². The largest absolute Gasteiger partial charge is 0.481 e. The van der Waals surface area contributed by atoms with Gasteiger partial charge in [0.05, 0.1) is 12.5 Å². The molecular weight excluding hydrogens is 280 g/mol. The highest BCUT2D eigenvalue weighted by molar-refractivity contribution is 5.73. The van der Waals surface area contributed by atoms with E-state index in [9.17, 15) is 9.59 Å². The molecule has 1 aliphatic carbocycles. The molecule has 0 aromatic carbocycles. The first-order valence-electron chi connectivity index (χ1n) is 8.24. The van der Waals surface area contributed by atoms with Crippen LogP contribution in [-0.4, -0.2) is 36.0 Å². The molecular formula is C17H32N2O3. The molecule has 0 aromatic rings. The lowest BCUT2D eigenvalue weighted by atomic mass is 9.70. The van der Waals surface area contributed by atoms with Crippen LogP contribution >= 0.6 is 0 Å². The van der Waals surface area contributed by atoms with E-state index in [2.05, 4.69) is 33.0 Å². The van der Waals surface area contributed by atoms with E-state index in [-0.39, 0.29) is 12.5 Å². The second-order valence-electron chi connectivity index (χ2n) is 8.12. The van der Waals surface area contributed by atoms with Crippen LogP contribution in [0.1, 0.15) is 59.8 Å². The average Bonchev–Trinajstić information content (AvgIpc) is 2.61. The molecule has 4 N–H and O–H groups in total. The van der Waals surface area contributed by atoms with Crippen molar-refractivity contribution in [3.8, 4) is 0 Å². The second kappa shape index (κ2) is 7.55. The Morgan fingerprint density at radius 3 is 2.32 bits per heavy atom. The number of hydrogen-bond donors (Lipinski definition) is 3. The van der Waals surface area contributed by atoms with Crippen LogP contribution in [0.2, 0.25) is 0 Å². The number of carboxylic acid groups (broad SMARTS) is 1. The Hall–Kier alpha value is -0.940. The van der Waals surface area contributed by atoms with Gasteiger partial charge in [-0.2, -0.15) is 0 Å². The second-order valence-corrected chi connectivity index (χ2v) is 8.12. The quantitative estimate of drug-likeness (QED) is 0.568. The van der Waals surface area contributed by atoms with Crippen LogP contribution < -0.4 is 11.1 Å². The third-order valence-electron chi connectivity index (χ3n) is 5.33. The minimum atomic E-state index is -0.979. The SMILES string of the molecule is CC1(C)CCC(C)(C)C1CCC(N)CN[C@H](C=O)CC(=O)O. The van der Waals surface area contributed by atoms with Gasteiger partial charge in [0.25, 0.3) is 0 Å². The third-order valence-corrected chi connectivity index (χ3v) is 5.33. The summed E-state index contributed by atoms with van der Waals surface area (Å²) in [6.45, 7) is 9.83. The summed E-state index contributed by atoms with van der Waals surface area (Å²) in [6.07, 6.45) is 4.92. The van der Waals surface area contributed by atoms with E-state index in [1.54, 1.807) is 0 Å². The molecule has 0 spiro atoms. The van der Waals surface area contributed by atoms with E-state index >= 15 is 0 Å². The maximum atomic E-state index is 10.8. The Balaban J connectivity index is 2.41. The Labute approximate surface area is 134 Å². The average molecular weight is 312 g/mol. The van der Waals surface area contributed by atoms with E-state index < -0.39 is 12.0 Å². The lowest BCUT2D eigenvalue weighted by Crippen LogP contribution is -2.42. The standard InChI is InChI=1S/C17H32N2O3/c1-16(2)7-8-17(3,4)14(16)6-5-12(18)10-19-13(11-20)9-15(21)22/h11-14,19H,5-10,18H2,1-4H3,(H,21,22)/t12?,13-/m0/s1. The number of carbonyl (C=O) groups excluding carboxylic acids is 1. The lowest BCUT2D eigenvalue weighted by molar-refractivity contribution is -0.138. The van der Waals surface area contributed by atoms with Crippen LogP contribution in [-0.2, 0) is 9.59 Å². The van der Waals surface area contributed by atoms with Crippen molar-refractivity contribution in [3.63, 3.8) is 0 Å². The molecule has 2 atom stereocenters. The fraction of sp³-hybridized carbons (Fsp3) is 0.882. The van der Waals surface area contributed by atoms with Gasteiger partial charge in [0.1, 0.15) is 6.29 Å². The summed E-state index contributed by atoms with van der Waals surface area (Å²) in [6, 6.07) is -0.702. The molecule has 1 fully saturated rings. The van der Waals surface area contributed by atoms with Crippen molar-refractivity contribution in [2.24, 2.45) is 22.5 Å². The number of aldehydes is 1. The van der Waals surface area contributed by atoms with Crippen LogP contribution in [0.5, 0.6) is 0 Å². The molecule has 128 valence electrons. The van der Waals surface area contributed by atoms with Crippen molar-refractivity contribution in [3.05, 3.63) is 0 Å².